The number of fused-ring (bicyclic) bond motifs is 1. The van der Waals surface area contributed by atoms with Crippen LogP contribution in [0, 0.1) is 13.8 Å². The van der Waals surface area contributed by atoms with E-state index in [-0.39, 0.29) is 0 Å². The zero-order valence-corrected chi connectivity index (χ0v) is 12.7. The van der Waals surface area contributed by atoms with E-state index in [4.69, 9.17) is 0 Å². The Morgan fingerprint density at radius 1 is 1.32 bits per heavy atom. The van der Waals surface area contributed by atoms with Crippen LogP contribution in [0.25, 0.3) is 0 Å². The molecule has 1 aliphatic rings. The quantitative estimate of drug-likeness (QED) is 0.871. The molecule has 1 aromatic heterocycles. The summed E-state index contributed by atoms with van der Waals surface area (Å²) in [6, 6.07) is 11.7. The molecule has 19 heavy (non-hydrogen) atoms. The second-order valence-corrected chi connectivity index (χ2v) is 6.74. The first-order valence-corrected chi connectivity index (χ1v) is 7.90. The van der Waals surface area contributed by atoms with Gasteiger partial charge in [0.2, 0.25) is 0 Å². The van der Waals surface area contributed by atoms with Crippen molar-refractivity contribution in [3.63, 3.8) is 0 Å². The zero-order valence-electron chi connectivity index (χ0n) is 11.9. The Bertz CT molecular complexity index is 585. The summed E-state index contributed by atoms with van der Waals surface area (Å²) < 4.78 is 0. The number of thiophene rings is 1. The van der Waals surface area contributed by atoms with Crippen LogP contribution in [0.2, 0.25) is 0 Å². The van der Waals surface area contributed by atoms with Gasteiger partial charge in [0.1, 0.15) is 0 Å². The molecule has 0 bridgehead atoms. The second kappa shape index (κ2) is 5.10. The molecule has 0 aliphatic heterocycles. The molecule has 2 heteroatoms. The number of aryl methyl sites for hydroxylation is 2. The first-order valence-electron chi connectivity index (χ1n) is 7.08. The van der Waals surface area contributed by atoms with Gasteiger partial charge in [-0.2, -0.15) is 0 Å². The predicted molar refractivity (Wildman–Crippen MR) is 83.1 cm³/mol. The summed E-state index contributed by atoms with van der Waals surface area (Å²) in [7, 11) is 0. The topological polar surface area (TPSA) is 12.0 Å². The largest absolute Gasteiger partial charge is 0.309 e. The van der Waals surface area contributed by atoms with Crippen LogP contribution in [0.4, 0.5) is 0 Å². The van der Waals surface area contributed by atoms with Gasteiger partial charge in [0.15, 0.2) is 0 Å². The average Bonchev–Trinajstić information content (AvgIpc) is 2.69. The SMILES string of the molecule is CCNC(c1sc(C)cc1C)C1Cc2ccccc21. The molecule has 1 aliphatic carbocycles. The molecule has 100 valence electrons. The van der Waals surface area contributed by atoms with Crippen molar-refractivity contribution in [3.8, 4) is 0 Å². The molecule has 2 aromatic rings. The van der Waals surface area contributed by atoms with E-state index in [9.17, 15) is 0 Å². The standard InChI is InChI=1S/C17H21NS/c1-4-18-16(17-11(2)9-12(3)19-17)15-10-13-7-5-6-8-14(13)15/h5-9,15-16,18H,4,10H2,1-3H3. The maximum Gasteiger partial charge on any atom is 0.0490 e. The lowest BCUT2D eigenvalue weighted by Crippen LogP contribution is -2.33. The number of nitrogens with one attached hydrogen (secondary N) is 1. The second-order valence-electron chi connectivity index (χ2n) is 5.45. The minimum absolute atomic E-state index is 0.485. The van der Waals surface area contributed by atoms with Crippen LogP contribution >= 0.6 is 11.3 Å². The summed E-state index contributed by atoms with van der Waals surface area (Å²) >= 11 is 1.95. The highest BCUT2D eigenvalue weighted by Gasteiger charge is 2.34. The summed E-state index contributed by atoms with van der Waals surface area (Å²) in [6.45, 7) is 7.68. The van der Waals surface area contributed by atoms with Gasteiger partial charge in [-0.05, 0) is 49.6 Å². The van der Waals surface area contributed by atoms with Crippen molar-refractivity contribution in [3.05, 3.63) is 56.8 Å². The monoisotopic (exact) mass is 271 g/mol. The van der Waals surface area contributed by atoms with E-state index in [2.05, 4.69) is 56.4 Å². The van der Waals surface area contributed by atoms with Gasteiger partial charge in [-0.1, -0.05) is 31.2 Å². The van der Waals surface area contributed by atoms with E-state index >= 15 is 0 Å². The molecular formula is C17H21NS. The van der Waals surface area contributed by atoms with Crippen molar-refractivity contribution in [2.24, 2.45) is 0 Å². The fourth-order valence-corrected chi connectivity index (χ4v) is 4.38. The predicted octanol–water partition coefficient (Wildman–Crippen LogP) is 4.36. The molecule has 0 saturated carbocycles. The maximum atomic E-state index is 3.71. The van der Waals surface area contributed by atoms with Gasteiger partial charge in [0.25, 0.3) is 0 Å². The zero-order chi connectivity index (χ0) is 13.4. The van der Waals surface area contributed by atoms with Crippen molar-refractivity contribution in [2.45, 2.75) is 39.2 Å². The molecule has 0 saturated heterocycles. The summed E-state index contributed by atoms with van der Waals surface area (Å²) in [5.74, 6) is 0.646. The Morgan fingerprint density at radius 2 is 2.11 bits per heavy atom. The summed E-state index contributed by atoms with van der Waals surface area (Å²) in [5.41, 5.74) is 4.51. The van der Waals surface area contributed by atoms with Gasteiger partial charge in [-0.25, -0.2) is 0 Å². The molecule has 0 amide bonds. The van der Waals surface area contributed by atoms with Crippen LogP contribution in [0.5, 0.6) is 0 Å². The lowest BCUT2D eigenvalue weighted by atomic mass is 9.72. The van der Waals surface area contributed by atoms with Gasteiger partial charge in [-0.15, -0.1) is 11.3 Å². The van der Waals surface area contributed by atoms with Crippen LogP contribution in [-0.4, -0.2) is 6.54 Å². The van der Waals surface area contributed by atoms with Crippen molar-refractivity contribution in [1.29, 1.82) is 0 Å². The van der Waals surface area contributed by atoms with Crippen molar-refractivity contribution < 1.29 is 0 Å². The van der Waals surface area contributed by atoms with Gasteiger partial charge >= 0.3 is 0 Å². The summed E-state index contributed by atoms with van der Waals surface area (Å²) in [4.78, 5) is 2.95. The van der Waals surface area contributed by atoms with Gasteiger partial charge < -0.3 is 5.32 Å². The van der Waals surface area contributed by atoms with Crippen LogP contribution in [-0.2, 0) is 6.42 Å². The molecule has 2 unspecified atom stereocenters. The lowest BCUT2D eigenvalue weighted by Gasteiger charge is -2.37. The Morgan fingerprint density at radius 3 is 2.74 bits per heavy atom. The molecule has 0 spiro atoms. The third kappa shape index (κ3) is 2.24. The Balaban J connectivity index is 1.93. The highest BCUT2D eigenvalue weighted by Crippen LogP contribution is 2.45. The smallest absolute Gasteiger partial charge is 0.0490 e. The van der Waals surface area contributed by atoms with Crippen LogP contribution in [0.3, 0.4) is 0 Å². The Hall–Kier alpha value is -1.12. The molecule has 0 fully saturated rings. The van der Waals surface area contributed by atoms with E-state index in [1.165, 1.54) is 27.3 Å². The highest BCUT2D eigenvalue weighted by atomic mass is 32.1. The van der Waals surface area contributed by atoms with E-state index in [0.29, 0.717) is 12.0 Å². The number of hydrogen-bond acceptors (Lipinski definition) is 2. The molecule has 2 atom stereocenters. The fourth-order valence-electron chi connectivity index (χ4n) is 3.20. The van der Waals surface area contributed by atoms with Crippen LogP contribution in [0.15, 0.2) is 30.3 Å². The van der Waals surface area contributed by atoms with E-state index < -0.39 is 0 Å². The fraction of sp³-hybridized carbons (Fsp3) is 0.412. The minimum Gasteiger partial charge on any atom is -0.309 e. The van der Waals surface area contributed by atoms with Crippen molar-refractivity contribution in [1.82, 2.24) is 5.32 Å². The molecule has 1 nitrogen and oxygen atoms in total. The van der Waals surface area contributed by atoms with E-state index in [1.807, 2.05) is 11.3 Å². The Labute approximate surface area is 119 Å². The molecule has 0 radical (unpaired) electrons. The van der Waals surface area contributed by atoms with Gasteiger partial charge in [-0.3, -0.25) is 0 Å². The average molecular weight is 271 g/mol. The summed E-state index contributed by atoms with van der Waals surface area (Å²) in [5, 5.41) is 3.71. The molecule has 1 aromatic carbocycles. The number of benzene rings is 1. The molecular weight excluding hydrogens is 250 g/mol. The minimum atomic E-state index is 0.485. The third-order valence-corrected chi connectivity index (χ3v) is 5.32. The number of likely N-dealkylation sites (N-methyl/N-ethyl adjacent to an activating group) is 1. The lowest BCUT2D eigenvalue weighted by molar-refractivity contribution is 0.424. The highest BCUT2D eigenvalue weighted by molar-refractivity contribution is 7.12. The summed E-state index contributed by atoms with van der Waals surface area (Å²) in [6.07, 6.45) is 1.21. The Kier molecular flexibility index (Phi) is 3.46. The molecule has 1 N–H and O–H groups in total. The molecule has 3 rings (SSSR count). The van der Waals surface area contributed by atoms with Crippen LogP contribution in [0.1, 0.15) is 45.3 Å². The number of hydrogen-bond donors (Lipinski definition) is 1. The van der Waals surface area contributed by atoms with Crippen molar-refractivity contribution >= 4 is 11.3 Å². The molecule has 1 heterocycles. The van der Waals surface area contributed by atoms with Gasteiger partial charge in [0.05, 0.1) is 0 Å². The van der Waals surface area contributed by atoms with E-state index in [0.717, 1.165) is 6.54 Å². The normalized spacial score (nSPS) is 18.8. The first-order chi connectivity index (χ1) is 9.20. The van der Waals surface area contributed by atoms with Gasteiger partial charge in [0, 0.05) is 21.7 Å². The third-order valence-electron chi connectivity index (χ3n) is 4.08. The van der Waals surface area contributed by atoms with E-state index in [1.54, 1.807) is 5.56 Å². The van der Waals surface area contributed by atoms with Crippen LogP contribution < -0.4 is 5.32 Å². The van der Waals surface area contributed by atoms with Crippen molar-refractivity contribution in [2.75, 3.05) is 6.54 Å². The number of rotatable bonds is 4. The first kappa shape index (κ1) is 12.9. The maximum absolute atomic E-state index is 3.71.